The van der Waals surface area contributed by atoms with E-state index in [1.807, 2.05) is 24.3 Å². The largest absolute Gasteiger partial charge is 0.460 e. The normalized spacial score (nSPS) is 23.5. The summed E-state index contributed by atoms with van der Waals surface area (Å²) < 4.78 is 33.5. The first-order valence-corrected chi connectivity index (χ1v) is 10.3. The number of cyclic esters (lactones) is 1. The maximum Gasteiger partial charge on any atom is 0.306 e. The van der Waals surface area contributed by atoms with Crippen LogP contribution in [-0.2, 0) is 26.0 Å². The lowest BCUT2D eigenvalue weighted by molar-refractivity contribution is -0.143. The molecule has 1 fully saturated rings. The Labute approximate surface area is 157 Å². The lowest BCUT2D eigenvalue weighted by Gasteiger charge is -2.38. The van der Waals surface area contributed by atoms with E-state index in [0.29, 0.717) is 30.8 Å². The van der Waals surface area contributed by atoms with Crippen molar-refractivity contribution in [2.75, 3.05) is 6.54 Å². The molecule has 0 unspecified atom stereocenters. The lowest BCUT2D eigenvalue weighted by Crippen LogP contribution is -2.45. The van der Waals surface area contributed by atoms with Gasteiger partial charge in [0.05, 0.1) is 10.9 Å². The van der Waals surface area contributed by atoms with Crippen LogP contribution in [0.2, 0.25) is 5.02 Å². The smallest absolute Gasteiger partial charge is 0.306 e. The third-order valence-corrected chi connectivity index (χ3v) is 7.12. The zero-order chi connectivity index (χ0) is 18.3. The van der Waals surface area contributed by atoms with Gasteiger partial charge in [-0.25, -0.2) is 8.42 Å². The summed E-state index contributed by atoms with van der Waals surface area (Å²) in [6.45, 7) is 0.348. The Bertz CT molecular complexity index is 942. The molecule has 0 N–H and O–H groups in total. The second-order valence-electron chi connectivity index (χ2n) is 6.53. The molecular weight excluding hydrogens is 374 g/mol. The third-order valence-electron chi connectivity index (χ3n) is 4.97. The molecule has 0 aliphatic carbocycles. The lowest BCUT2D eigenvalue weighted by atomic mass is 9.90. The Morgan fingerprint density at radius 1 is 1.04 bits per heavy atom. The van der Waals surface area contributed by atoms with E-state index in [4.69, 9.17) is 16.3 Å². The van der Waals surface area contributed by atoms with Crippen LogP contribution >= 0.6 is 11.6 Å². The summed E-state index contributed by atoms with van der Waals surface area (Å²) in [4.78, 5) is 11.9. The summed E-state index contributed by atoms with van der Waals surface area (Å²) >= 11 is 5.90. The molecule has 0 radical (unpaired) electrons. The van der Waals surface area contributed by atoms with Crippen LogP contribution in [0.3, 0.4) is 0 Å². The average molecular weight is 392 g/mol. The van der Waals surface area contributed by atoms with Crippen LogP contribution in [0.15, 0.2) is 53.4 Å². The second-order valence-corrected chi connectivity index (χ2v) is 8.86. The van der Waals surface area contributed by atoms with Crippen molar-refractivity contribution in [2.24, 2.45) is 0 Å². The number of hydrogen-bond donors (Lipinski definition) is 0. The van der Waals surface area contributed by atoms with Crippen LogP contribution in [0.5, 0.6) is 0 Å². The van der Waals surface area contributed by atoms with Crippen molar-refractivity contribution < 1.29 is 17.9 Å². The number of rotatable bonds is 3. The highest BCUT2D eigenvalue weighted by Gasteiger charge is 2.44. The highest BCUT2D eigenvalue weighted by Crippen LogP contribution is 2.40. The van der Waals surface area contributed by atoms with E-state index in [-0.39, 0.29) is 10.9 Å². The number of halogens is 1. The van der Waals surface area contributed by atoms with Crippen molar-refractivity contribution in [3.05, 3.63) is 64.7 Å². The molecule has 0 saturated carbocycles. The Hall–Kier alpha value is -1.89. The fourth-order valence-electron chi connectivity index (χ4n) is 3.74. The van der Waals surface area contributed by atoms with Gasteiger partial charge in [0.25, 0.3) is 0 Å². The third kappa shape index (κ3) is 3.02. The summed E-state index contributed by atoms with van der Waals surface area (Å²) in [5, 5.41) is 0.481. The SMILES string of the molecule is O=C1CC[C@H]([C@H]2c3ccccc3CCN2S(=O)(=O)c2ccc(Cl)cc2)O1. The zero-order valence-electron chi connectivity index (χ0n) is 14.0. The zero-order valence-corrected chi connectivity index (χ0v) is 15.5. The van der Waals surface area contributed by atoms with Gasteiger partial charge in [0, 0.05) is 18.0 Å². The van der Waals surface area contributed by atoms with Gasteiger partial charge in [0.1, 0.15) is 6.10 Å². The van der Waals surface area contributed by atoms with Crippen molar-refractivity contribution in [1.82, 2.24) is 4.31 Å². The molecule has 136 valence electrons. The van der Waals surface area contributed by atoms with Crippen molar-refractivity contribution in [2.45, 2.75) is 36.3 Å². The van der Waals surface area contributed by atoms with Crippen LogP contribution in [0.25, 0.3) is 0 Å². The first-order valence-electron chi connectivity index (χ1n) is 8.51. The molecular formula is C19H18ClNO4S. The van der Waals surface area contributed by atoms with E-state index in [2.05, 4.69) is 0 Å². The molecule has 0 amide bonds. The minimum atomic E-state index is -3.74. The highest BCUT2D eigenvalue weighted by atomic mass is 35.5. The van der Waals surface area contributed by atoms with Crippen molar-refractivity contribution >= 4 is 27.6 Å². The molecule has 0 spiro atoms. The van der Waals surface area contributed by atoms with Gasteiger partial charge in [-0.2, -0.15) is 4.31 Å². The van der Waals surface area contributed by atoms with Crippen molar-refractivity contribution in [3.8, 4) is 0 Å². The number of fused-ring (bicyclic) bond motifs is 1. The Kier molecular flexibility index (Phi) is 4.50. The van der Waals surface area contributed by atoms with Crippen LogP contribution in [0.1, 0.15) is 30.0 Å². The van der Waals surface area contributed by atoms with E-state index in [1.54, 1.807) is 12.1 Å². The highest BCUT2D eigenvalue weighted by molar-refractivity contribution is 7.89. The van der Waals surface area contributed by atoms with E-state index < -0.39 is 22.2 Å². The van der Waals surface area contributed by atoms with Crippen LogP contribution < -0.4 is 0 Å². The van der Waals surface area contributed by atoms with Crippen molar-refractivity contribution in [3.63, 3.8) is 0 Å². The molecule has 5 nitrogen and oxygen atoms in total. The van der Waals surface area contributed by atoms with Gasteiger partial charge in [-0.3, -0.25) is 4.79 Å². The molecule has 0 bridgehead atoms. The maximum absolute atomic E-state index is 13.3. The molecule has 2 aromatic rings. The molecule has 2 aromatic carbocycles. The Balaban J connectivity index is 1.79. The van der Waals surface area contributed by atoms with E-state index in [1.165, 1.54) is 16.4 Å². The first kappa shape index (κ1) is 17.5. The number of benzene rings is 2. The molecule has 2 aliphatic heterocycles. The minimum absolute atomic E-state index is 0.190. The fraction of sp³-hybridized carbons (Fsp3) is 0.316. The fourth-order valence-corrected chi connectivity index (χ4v) is 5.50. The van der Waals surface area contributed by atoms with E-state index in [9.17, 15) is 13.2 Å². The van der Waals surface area contributed by atoms with Gasteiger partial charge in [-0.15, -0.1) is 0 Å². The molecule has 0 aromatic heterocycles. The average Bonchev–Trinajstić information content (AvgIpc) is 3.07. The summed E-state index contributed by atoms with van der Waals surface area (Å²) in [6, 6.07) is 13.4. The molecule has 1 saturated heterocycles. The maximum atomic E-state index is 13.3. The Morgan fingerprint density at radius 3 is 2.46 bits per heavy atom. The molecule has 2 atom stereocenters. The van der Waals surface area contributed by atoms with E-state index in [0.717, 1.165) is 11.1 Å². The molecule has 2 aliphatic rings. The number of nitrogens with zero attached hydrogens (tertiary/aromatic N) is 1. The number of carbonyl (C=O) groups is 1. The quantitative estimate of drug-likeness (QED) is 0.753. The molecule has 2 heterocycles. The number of sulfonamides is 1. The second kappa shape index (κ2) is 6.68. The van der Waals surface area contributed by atoms with Crippen molar-refractivity contribution in [1.29, 1.82) is 0 Å². The monoisotopic (exact) mass is 391 g/mol. The minimum Gasteiger partial charge on any atom is -0.460 e. The summed E-state index contributed by atoms with van der Waals surface area (Å²) in [7, 11) is -3.74. The van der Waals surface area contributed by atoms with Crippen LogP contribution in [-0.4, -0.2) is 31.3 Å². The van der Waals surface area contributed by atoms with Crippen LogP contribution in [0, 0.1) is 0 Å². The summed E-state index contributed by atoms with van der Waals surface area (Å²) in [5.74, 6) is -0.276. The Morgan fingerprint density at radius 2 is 1.77 bits per heavy atom. The number of esters is 1. The van der Waals surface area contributed by atoms with E-state index >= 15 is 0 Å². The van der Waals surface area contributed by atoms with Gasteiger partial charge in [-0.05, 0) is 48.2 Å². The number of ether oxygens (including phenoxy) is 1. The molecule has 4 rings (SSSR count). The van der Waals surface area contributed by atoms with Gasteiger partial charge >= 0.3 is 5.97 Å². The summed E-state index contributed by atoms with van der Waals surface area (Å²) in [5.41, 5.74) is 2.01. The van der Waals surface area contributed by atoms with Gasteiger partial charge in [0.15, 0.2) is 0 Å². The van der Waals surface area contributed by atoms with Crippen LogP contribution in [0.4, 0.5) is 0 Å². The van der Waals surface area contributed by atoms with Gasteiger partial charge in [-0.1, -0.05) is 35.9 Å². The standard InChI is InChI=1S/C19H18ClNO4S/c20-14-5-7-15(8-6-14)26(23,24)21-12-11-13-3-1-2-4-16(13)19(21)17-9-10-18(22)25-17/h1-8,17,19H,9-12H2/t17-,19-/m1/s1. The molecule has 26 heavy (non-hydrogen) atoms. The predicted octanol–water partition coefficient (Wildman–Crippen LogP) is 3.33. The number of carbonyl (C=O) groups excluding carboxylic acids is 1. The van der Waals surface area contributed by atoms with Gasteiger partial charge in [0.2, 0.25) is 10.0 Å². The number of hydrogen-bond acceptors (Lipinski definition) is 4. The van der Waals surface area contributed by atoms with Gasteiger partial charge < -0.3 is 4.74 Å². The summed E-state index contributed by atoms with van der Waals surface area (Å²) in [6.07, 6.45) is 0.994. The first-order chi connectivity index (χ1) is 12.5. The predicted molar refractivity (Wildman–Crippen MR) is 97.3 cm³/mol. The molecule has 7 heteroatoms. The topological polar surface area (TPSA) is 63.7 Å².